The van der Waals surface area contributed by atoms with Crippen LogP contribution in [0.1, 0.15) is 31.2 Å². The Bertz CT molecular complexity index is 1110. The average molecular weight is 442 g/mol. The largest absolute Gasteiger partial charge is 0.343 e. The van der Waals surface area contributed by atoms with Gasteiger partial charge in [-0.25, -0.2) is 4.98 Å². The number of benzene rings is 2. The molecule has 0 saturated carbocycles. The van der Waals surface area contributed by atoms with Gasteiger partial charge in [0.05, 0.1) is 10.9 Å². The molecule has 0 spiro atoms. The minimum absolute atomic E-state index is 0.103. The fourth-order valence-electron chi connectivity index (χ4n) is 3.72. The third-order valence-electron chi connectivity index (χ3n) is 5.40. The number of para-hydroxylation sites is 1. The number of amides is 1. The van der Waals surface area contributed by atoms with E-state index in [1.807, 2.05) is 47.4 Å². The number of piperidine rings is 1. The zero-order valence-corrected chi connectivity index (χ0v) is 18.3. The van der Waals surface area contributed by atoms with Crippen molar-refractivity contribution in [2.45, 2.75) is 43.1 Å². The lowest BCUT2D eigenvalue weighted by Crippen LogP contribution is -2.36. The average Bonchev–Trinajstić information content (AvgIpc) is 2.78. The molecule has 0 N–H and O–H groups in total. The maximum atomic E-state index is 13.2. The molecule has 0 aliphatic carbocycles. The van der Waals surface area contributed by atoms with Crippen LogP contribution >= 0.6 is 23.4 Å². The number of thioether (sulfide) groups is 1. The molecule has 0 bridgehead atoms. The van der Waals surface area contributed by atoms with E-state index in [2.05, 4.69) is 0 Å². The summed E-state index contributed by atoms with van der Waals surface area (Å²) in [5.41, 5.74) is 1.55. The van der Waals surface area contributed by atoms with E-state index >= 15 is 0 Å². The van der Waals surface area contributed by atoms with Crippen LogP contribution in [0.2, 0.25) is 5.02 Å². The van der Waals surface area contributed by atoms with Gasteiger partial charge in [0.2, 0.25) is 5.91 Å². The van der Waals surface area contributed by atoms with Crippen molar-refractivity contribution < 1.29 is 4.79 Å². The van der Waals surface area contributed by atoms with Crippen molar-refractivity contribution in [1.82, 2.24) is 14.5 Å². The van der Waals surface area contributed by atoms with Crippen LogP contribution in [-0.4, -0.2) is 33.4 Å². The molecule has 4 rings (SSSR count). The molecule has 0 atom stereocenters. The van der Waals surface area contributed by atoms with Crippen molar-refractivity contribution in [1.29, 1.82) is 0 Å². The highest BCUT2D eigenvalue weighted by atomic mass is 35.5. The van der Waals surface area contributed by atoms with E-state index in [-0.39, 0.29) is 11.5 Å². The van der Waals surface area contributed by atoms with Gasteiger partial charge in [-0.05, 0) is 43.0 Å². The Morgan fingerprint density at radius 2 is 1.77 bits per heavy atom. The molecule has 1 saturated heterocycles. The minimum Gasteiger partial charge on any atom is -0.343 e. The summed E-state index contributed by atoms with van der Waals surface area (Å²) < 4.78 is 1.64. The van der Waals surface area contributed by atoms with Gasteiger partial charge in [0.1, 0.15) is 0 Å². The fourth-order valence-corrected chi connectivity index (χ4v) is 5.03. The Morgan fingerprint density at radius 1 is 1.03 bits per heavy atom. The molecule has 1 fully saturated rings. The van der Waals surface area contributed by atoms with Gasteiger partial charge in [0.15, 0.2) is 5.16 Å². The number of likely N-dealkylation sites (tertiary alicyclic amines) is 1. The number of nitrogens with zero attached hydrogens (tertiary/aromatic N) is 3. The lowest BCUT2D eigenvalue weighted by molar-refractivity contribution is -0.132. The molecular formula is C23H24ClN3O2S. The highest BCUT2D eigenvalue weighted by molar-refractivity contribution is 7.98. The molecule has 0 radical (unpaired) electrons. The first-order chi connectivity index (χ1) is 14.6. The molecule has 2 aromatic carbocycles. The second-order valence-corrected chi connectivity index (χ2v) is 8.79. The number of fused-ring (bicyclic) bond motifs is 1. The Labute approximate surface area is 185 Å². The summed E-state index contributed by atoms with van der Waals surface area (Å²) in [6, 6.07) is 15.0. The van der Waals surface area contributed by atoms with Gasteiger partial charge < -0.3 is 4.90 Å². The maximum absolute atomic E-state index is 13.2. The van der Waals surface area contributed by atoms with Crippen LogP contribution in [0.4, 0.5) is 0 Å². The van der Waals surface area contributed by atoms with Gasteiger partial charge >= 0.3 is 0 Å². The van der Waals surface area contributed by atoms with Crippen molar-refractivity contribution in [3.05, 3.63) is 69.5 Å². The smallest absolute Gasteiger partial charge is 0.262 e. The zero-order valence-electron chi connectivity index (χ0n) is 16.7. The fraction of sp³-hybridized carbons (Fsp3) is 0.348. The predicted molar refractivity (Wildman–Crippen MR) is 122 cm³/mol. The summed E-state index contributed by atoms with van der Waals surface area (Å²) in [6.45, 7) is 1.96. The van der Waals surface area contributed by atoms with Crippen LogP contribution in [0.25, 0.3) is 10.9 Å². The number of rotatable bonds is 6. The van der Waals surface area contributed by atoms with Crippen LogP contribution in [0.15, 0.2) is 58.5 Å². The number of hydrogen-bond donors (Lipinski definition) is 0. The Balaban J connectivity index is 1.60. The van der Waals surface area contributed by atoms with E-state index in [1.165, 1.54) is 18.2 Å². The van der Waals surface area contributed by atoms with Gasteiger partial charge in [-0.1, -0.05) is 53.7 Å². The van der Waals surface area contributed by atoms with Crippen molar-refractivity contribution in [2.24, 2.45) is 0 Å². The molecule has 30 heavy (non-hydrogen) atoms. The second-order valence-electron chi connectivity index (χ2n) is 7.44. The molecule has 2 heterocycles. The third kappa shape index (κ3) is 4.71. The summed E-state index contributed by atoms with van der Waals surface area (Å²) in [5.74, 6) is 0.710. The summed E-state index contributed by atoms with van der Waals surface area (Å²) in [4.78, 5) is 32.5. The number of carbonyl (C=O) groups is 1. The molecule has 7 heteroatoms. The normalized spacial score (nSPS) is 14.2. The van der Waals surface area contributed by atoms with E-state index in [9.17, 15) is 9.59 Å². The van der Waals surface area contributed by atoms with Gasteiger partial charge in [0.25, 0.3) is 5.56 Å². The molecule has 3 aromatic rings. The van der Waals surface area contributed by atoms with E-state index in [1.54, 1.807) is 10.6 Å². The topological polar surface area (TPSA) is 55.2 Å². The Kier molecular flexibility index (Phi) is 6.75. The van der Waals surface area contributed by atoms with Gasteiger partial charge in [-0.2, -0.15) is 0 Å². The van der Waals surface area contributed by atoms with Gasteiger partial charge in [-0.3, -0.25) is 14.2 Å². The molecule has 1 amide bonds. The summed E-state index contributed by atoms with van der Waals surface area (Å²) in [7, 11) is 0. The molecule has 156 valence electrons. The van der Waals surface area contributed by atoms with E-state index in [0.29, 0.717) is 39.8 Å². The monoisotopic (exact) mass is 441 g/mol. The highest BCUT2D eigenvalue weighted by Gasteiger charge is 2.18. The van der Waals surface area contributed by atoms with E-state index < -0.39 is 0 Å². The zero-order chi connectivity index (χ0) is 20.9. The van der Waals surface area contributed by atoms with Crippen molar-refractivity contribution in [2.75, 3.05) is 13.1 Å². The van der Waals surface area contributed by atoms with Crippen molar-refractivity contribution in [3.63, 3.8) is 0 Å². The SMILES string of the molecule is O=C(CCn1c(SCc2ccccc2Cl)nc2ccccc2c1=O)N1CCCCC1. The molecule has 1 aromatic heterocycles. The molecule has 1 aliphatic heterocycles. The predicted octanol–water partition coefficient (Wildman–Crippen LogP) is 4.74. The number of halogens is 1. The molecule has 5 nitrogen and oxygen atoms in total. The highest BCUT2D eigenvalue weighted by Crippen LogP contribution is 2.26. The first-order valence-electron chi connectivity index (χ1n) is 10.3. The molecule has 0 unspecified atom stereocenters. The quantitative estimate of drug-likeness (QED) is 0.409. The lowest BCUT2D eigenvalue weighted by atomic mass is 10.1. The van der Waals surface area contributed by atoms with E-state index in [4.69, 9.17) is 16.6 Å². The minimum atomic E-state index is -0.103. The van der Waals surface area contributed by atoms with Crippen LogP contribution in [0, 0.1) is 0 Å². The first kappa shape index (κ1) is 20.9. The van der Waals surface area contributed by atoms with Crippen LogP contribution in [0.3, 0.4) is 0 Å². The van der Waals surface area contributed by atoms with Crippen molar-refractivity contribution in [3.8, 4) is 0 Å². The summed E-state index contributed by atoms with van der Waals surface area (Å²) >= 11 is 7.77. The lowest BCUT2D eigenvalue weighted by Gasteiger charge is -2.27. The Hall–Kier alpha value is -2.31. The maximum Gasteiger partial charge on any atom is 0.262 e. The molecular weight excluding hydrogens is 418 g/mol. The molecule has 1 aliphatic rings. The first-order valence-corrected chi connectivity index (χ1v) is 11.6. The van der Waals surface area contributed by atoms with Crippen LogP contribution < -0.4 is 5.56 Å². The van der Waals surface area contributed by atoms with Crippen molar-refractivity contribution >= 4 is 40.2 Å². The van der Waals surface area contributed by atoms with Gasteiger partial charge in [0, 0.05) is 36.8 Å². The summed E-state index contributed by atoms with van der Waals surface area (Å²) in [6.07, 6.45) is 3.60. The Morgan fingerprint density at radius 3 is 2.57 bits per heavy atom. The van der Waals surface area contributed by atoms with Gasteiger partial charge in [-0.15, -0.1) is 0 Å². The third-order valence-corrected chi connectivity index (χ3v) is 6.79. The number of hydrogen-bond acceptors (Lipinski definition) is 4. The summed E-state index contributed by atoms with van der Waals surface area (Å²) in [5, 5.41) is 1.88. The number of carbonyl (C=O) groups excluding carboxylic acids is 1. The van der Waals surface area contributed by atoms with Crippen LogP contribution in [0.5, 0.6) is 0 Å². The standard InChI is InChI=1S/C23H24ClN3O2S/c24-19-10-4-2-8-17(19)16-30-23-25-20-11-5-3-9-18(20)22(29)27(23)15-12-21(28)26-13-6-1-7-14-26/h2-5,8-11H,1,6-7,12-16H2. The van der Waals surface area contributed by atoms with Crippen LogP contribution in [-0.2, 0) is 17.1 Å². The number of aromatic nitrogens is 2. The second kappa shape index (κ2) is 9.67. The van der Waals surface area contributed by atoms with E-state index in [0.717, 1.165) is 31.5 Å².